The summed E-state index contributed by atoms with van der Waals surface area (Å²) < 4.78 is 6.00. The highest BCUT2D eigenvalue weighted by Gasteiger charge is 2.26. The van der Waals surface area contributed by atoms with Gasteiger partial charge in [0.05, 0.1) is 12.3 Å². The summed E-state index contributed by atoms with van der Waals surface area (Å²) in [5, 5.41) is 11.3. The van der Waals surface area contributed by atoms with E-state index in [0.717, 1.165) is 12.0 Å². The van der Waals surface area contributed by atoms with Crippen LogP contribution in [0.5, 0.6) is 11.5 Å². The van der Waals surface area contributed by atoms with Gasteiger partial charge in [0.2, 0.25) is 0 Å². The fourth-order valence-electron chi connectivity index (χ4n) is 4.69. The van der Waals surface area contributed by atoms with Gasteiger partial charge >= 0.3 is 5.97 Å². The maximum Gasteiger partial charge on any atom is 0.305 e. The molecule has 0 saturated heterocycles. The van der Waals surface area contributed by atoms with Crippen molar-refractivity contribution < 1.29 is 29.0 Å². The molecule has 0 aliphatic heterocycles. The van der Waals surface area contributed by atoms with Gasteiger partial charge in [-0.05, 0) is 59.9 Å². The van der Waals surface area contributed by atoms with E-state index >= 15 is 0 Å². The average Bonchev–Trinajstić information content (AvgIpc) is 3.03. The number of benzene rings is 4. The predicted molar refractivity (Wildman–Crippen MR) is 165 cm³/mol. The molecule has 220 valence electrons. The molecule has 7 heteroatoms. The van der Waals surface area contributed by atoms with Gasteiger partial charge in [0.25, 0.3) is 5.91 Å². The lowest BCUT2D eigenvalue weighted by atomic mass is 9.85. The van der Waals surface area contributed by atoms with Crippen molar-refractivity contribution >= 4 is 23.4 Å². The number of aliphatic carboxylic acids is 1. The highest BCUT2D eigenvalue weighted by Crippen LogP contribution is 2.31. The number of para-hydroxylation sites is 1. The van der Waals surface area contributed by atoms with Crippen LogP contribution >= 0.6 is 0 Å². The Morgan fingerprint density at radius 2 is 1.37 bits per heavy atom. The van der Waals surface area contributed by atoms with Crippen LogP contribution in [0.25, 0.3) is 0 Å². The molecule has 0 aliphatic rings. The summed E-state index contributed by atoms with van der Waals surface area (Å²) in [6.07, 6.45) is 0.757. The molecule has 2 N–H and O–H groups in total. The molecule has 0 saturated carbocycles. The first-order chi connectivity index (χ1) is 20.7. The molecule has 1 amide bonds. The van der Waals surface area contributed by atoms with E-state index in [1.807, 2.05) is 60.7 Å². The Labute approximate surface area is 251 Å². The SMILES string of the molecule is CCC(C)c1ccc(C(=O)CC(C(=O)c2ccc(C(=O)NCCC(=O)O)cc2)c2cccc(Oc3ccccc3)c2)cc1. The third-order valence-electron chi connectivity index (χ3n) is 7.42. The number of nitrogens with one attached hydrogen (secondary N) is 1. The minimum Gasteiger partial charge on any atom is -0.481 e. The van der Waals surface area contributed by atoms with E-state index in [1.165, 1.54) is 12.1 Å². The minimum absolute atomic E-state index is 0.00123. The molecule has 7 nitrogen and oxygen atoms in total. The molecule has 2 unspecified atom stereocenters. The van der Waals surface area contributed by atoms with E-state index in [4.69, 9.17) is 9.84 Å². The van der Waals surface area contributed by atoms with Gasteiger partial charge < -0.3 is 15.2 Å². The zero-order valence-electron chi connectivity index (χ0n) is 24.3. The van der Waals surface area contributed by atoms with Crippen LogP contribution in [0.3, 0.4) is 0 Å². The molecule has 0 aromatic heterocycles. The molecular formula is C36H35NO6. The van der Waals surface area contributed by atoms with Crippen LogP contribution in [0.15, 0.2) is 103 Å². The molecule has 2 atom stereocenters. The number of carboxylic acid groups (broad SMARTS) is 1. The predicted octanol–water partition coefficient (Wildman–Crippen LogP) is 7.44. The van der Waals surface area contributed by atoms with Gasteiger partial charge in [0, 0.05) is 29.7 Å². The maximum absolute atomic E-state index is 13.9. The molecule has 0 spiro atoms. The topological polar surface area (TPSA) is 110 Å². The van der Waals surface area contributed by atoms with Crippen molar-refractivity contribution in [2.24, 2.45) is 0 Å². The number of Topliss-reactive ketones (excluding diaryl/α,β-unsaturated/α-hetero) is 2. The second kappa shape index (κ2) is 14.7. The zero-order chi connectivity index (χ0) is 30.8. The van der Waals surface area contributed by atoms with Crippen LogP contribution in [0.2, 0.25) is 0 Å². The average molecular weight is 578 g/mol. The van der Waals surface area contributed by atoms with Crippen LogP contribution in [0.4, 0.5) is 0 Å². The summed E-state index contributed by atoms with van der Waals surface area (Å²) in [6.45, 7) is 4.26. The number of carbonyl (C=O) groups excluding carboxylic acids is 3. The van der Waals surface area contributed by atoms with Gasteiger partial charge in [0.1, 0.15) is 11.5 Å². The quantitative estimate of drug-likeness (QED) is 0.151. The normalized spacial score (nSPS) is 12.1. The summed E-state index contributed by atoms with van der Waals surface area (Å²) in [7, 11) is 0. The first-order valence-corrected chi connectivity index (χ1v) is 14.4. The molecule has 43 heavy (non-hydrogen) atoms. The van der Waals surface area contributed by atoms with Gasteiger partial charge in [-0.25, -0.2) is 0 Å². The minimum atomic E-state index is -1.01. The van der Waals surface area contributed by atoms with Crippen molar-refractivity contribution in [2.45, 2.75) is 44.9 Å². The summed E-state index contributed by atoms with van der Waals surface area (Å²) in [5.74, 6) is -1.08. The third-order valence-corrected chi connectivity index (χ3v) is 7.42. The molecule has 0 heterocycles. The number of ether oxygens (including phenoxy) is 1. The molecule has 4 aromatic rings. The number of hydrogen-bond acceptors (Lipinski definition) is 5. The Hall–Kier alpha value is -5.04. The first kappa shape index (κ1) is 30.9. The summed E-state index contributed by atoms with van der Waals surface area (Å²) >= 11 is 0. The fourth-order valence-corrected chi connectivity index (χ4v) is 4.69. The molecule has 0 fully saturated rings. The van der Waals surface area contributed by atoms with E-state index < -0.39 is 17.8 Å². The highest BCUT2D eigenvalue weighted by molar-refractivity contribution is 6.06. The Morgan fingerprint density at radius 1 is 0.744 bits per heavy atom. The van der Waals surface area contributed by atoms with Gasteiger partial charge in [0.15, 0.2) is 11.6 Å². The van der Waals surface area contributed by atoms with Gasteiger partial charge in [-0.2, -0.15) is 0 Å². The van der Waals surface area contributed by atoms with E-state index in [2.05, 4.69) is 19.2 Å². The lowest BCUT2D eigenvalue weighted by Crippen LogP contribution is -2.26. The monoisotopic (exact) mass is 577 g/mol. The number of hydrogen-bond donors (Lipinski definition) is 2. The van der Waals surface area contributed by atoms with Crippen molar-refractivity contribution in [3.63, 3.8) is 0 Å². The highest BCUT2D eigenvalue weighted by atomic mass is 16.5. The number of carbonyl (C=O) groups is 4. The first-order valence-electron chi connectivity index (χ1n) is 14.4. The van der Waals surface area contributed by atoms with Crippen LogP contribution in [-0.2, 0) is 4.79 Å². The number of amides is 1. The maximum atomic E-state index is 13.9. The van der Waals surface area contributed by atoms with Crippen molar-refractivity contribution in [3.05, 3.63) is 131 Å². The number of rotatable bonds is 14. The molecule has 4 rings (SSSR count). The summed E-state index contributed by atoms with van der Waals surface area (Å²) in [4.78, 5) is 50.6. The van der Waals surface area contributed by atoms with E-state index in [9.17, 15) is 19.2 Å². The standard InChI is InChI=1S/C36H35NO6/c1-3-24(2)25-12-14-26(15-13-25)33(38)23-32(29-8-7-11-31(22-29)43-30-9-5-4-6-10-30)35(41)27-16-18-28(19-17-27)36(42)37-21-20-34(39)40/h4-19,22,24,32H,3,20-21,23H2,1-2H3,(H,37,42)(H,39,40). The van der Waals surface area contributed by atoms with Gasteiger partial charge in [-0.1, -0.05) is 80.6 Å². The van der Waals surface area contributed by atoms with Crippen LogP contribution in [0, 0.1) is 0 Å². The zero-order valence-corrected chi connectivity index (χ0v) is 24.3. The van der Waals surface area contributed by atoms with Crippen LogP contribution < -0.4 is 10.1 Å². The van der Waals surface area contributed by atoms with Crippen LogP contribution in [-0.4, -0.2) is 35.1 Å². The lowest BCUT2D eigenvalue weighted by molar-refractivity contribution is -0.136. The van der Waals surface area contributed by atoms with Gasteiger partial charge in [-0.3, -0.25) is 19.2 Å². The molecule has 0 radical (unpaired) electrons. The van der Waals surface area contributed by atoms with Gasteiger partial charge in [-0.15, -0.1) is 0 Å². The Balaban J connectivity index is 1.60. The van der Waals surface area contributed by atoms with E-state index in [-0.39, 0.29) is 31.0 Å². The Bertz CT molecular complexity index is 1560. The smallest absolute Gasteiger partial charge is 0.305 e. The van der Waals surface area contributed by atoms with Crippen molar-refractivity contribution in [1.29, 1.82) is 0 Å². The second-order valence-corrected chi connectivity index (χ2v) is 10.4. The summed E-state index contributed by atoms with van der Waals surface area (Å²) in [5.41, 5.74) is 2.98. The number of ketones is 2. The second-order valence-electron chi connectivity index (χ2n) is 10.4. The Kier molecular flexibility index (Phi) is 10.6. The van der Waals surface area contributed by atoms with Crippen molar-refractivity contribution in [1.82, 2.24) is 5.32 Å². The largest absolute Gasteiger partial charge is 0.481 e. The fraction of sp³-hybridized carbons (Fsp3) is 0.222. The van der Waals surface area contributed by atoms with E-state index in [0.29, 0.717) is 39.7 Å². The summed E-state index contributed by atoms with van der Waals surface area (Å²) in [6, 6.07) is 30.2. The van der Waals surface area contributed by atoms with E-state index in [1.54, 1.807) is 30.3 Å². The lowest BCUT2D eigenvalue weighted by Gasteiger charge is -2.18. The number of carboxylic acids is 1. The Morgan fingerprint density at radius 3 is 2.02 bits per heavy atom. The van der Waals surface area contributed by atoms with Crippen LogP contribution in [0.1, 0.15) is 87.1 Å². The molecule has 0 bridgehead atoms. The molecular weight excluding hydrogens is 542 g/mol. The van der Waals surface area contributed by atoms with Crippen molar-refractivity contribution in [3.8, 4) is 11.5 Å². The molecule has 4 aromatic carbocycles. The van der Waals surface area contributed by atoms with Crippen molar-refractivity contribution in [2.75, 3.05) is 6.54 Å². The third kappa shape index (κ3) is 8.49. The molecule has 0 aliphatic carbocycles.